The number of halogens is 2. The standard InChI is InChI=1S/C23H21ClFN5O2S/c24-18-10-14(25)7-8-20(18)27-21(31)13-33-23-29-28-22(30(23)12-15-4-3-9-32-15)17-11-26-19-6-2-1-5-16(17)19/h1-2,5-8,10-11,15,26H,3-4,9,12-13H2,(H,27,31). The van der Waals surface area contributed by atoms with Crippen molar-refractivity contribution in [3.05, 3.63) is 59.5 Å². The zero-order valence-corrected chi connectivity index (χ0v) is 19.1. The van der Waals surface area contributed by atoms with Gasteiger partial charge in [0.05, 0.1) is 29.1 Å². The van der Waals surface area contributed by atoms with E-state index in [0.717, 1.165) is 47.8 Å². The van der Waals surface area contributed by atoms with Crippen molar-refractivity contribution < 1.29 is 13.9 Å². The van der Waals surface area contributed by atoms with Gasteiger partial charge in [-0.2, -0.15) is 0 Å². The number of para-hydroxylation sites is 1. The monoisotopic (exact) mass is 485 g/mol. The number of amides is 1. The summed E-state index contributed by atoms with van der Waals surface area (Å²) in [6.07, 6.45) is 4.01. The van der Waals surface area contributed by atoms with E-state index in [1.54, 1.807) is 0 Å². The highest BCUT2D eigenvalue weighted by Gasteiger charge is 2.23. The number of thioether (sulfide) groups is 1. The predicted molar refractivity (Wildman–Crippen MR) is 127 cm³/mol. The van der Waals surface area contributed by atoms with Crippen LogP contribution >= 0.6 is 23.4 Å². The van der Waals surface area contributed by atoms with Gasteiger partial charge in [0.1, 0.15) is 5.82 Å². The lowest BCUT2D eigenvalue weighted by Crippen LogP contribution is -2.18. The first-order chi connectivity index (χ1) is 16.1. The van der Waals surface area contributed by atoms with Crippen molar-refractivity contribution in [2.24, 2.45) is 0 Å². The molecule has 2 N–H and O–H groups in total. The van der Waals surface area contributed by atoms with E-state index < -0.39 is 5.82 Å². The summed E-state index contributed by atoms with van der Waals surface area (Å²) in [5.41, 5.74) is 2.33. The quantitative estimate of drug-likeness (QED) is 0.354. The van der Waals surface area contributed by atoms with Crippen LogP contribution in [-0.4, -0.2) is 44.1 Å². The number of ether oxygens (including phenoxy) is 1. The number of nitrogens with zero attached hydrogens (tertiary/aromatic N) is 3. The molecule has 0 aliphatic carbocycles. The van der Waals surface area contributed by atoms with Gasteiger partial charge in [-0.3, -0.25) is 9.36 Å². The fourth-order valence-corrected chi connectivity index (χ4v) is 4.88. The minimum Gasteiger partial charge on any atom is -0.376 e. The Morgan fingerprint density at radius 2 is 2.18 bits per heavy atom. The molecule has 4 aromatic rings. The molecule has 0 spiro atoms. The van der Waals surface area contributed by atoms with E-state index >= 15 is 0 Å². The molecule has 1 amide bonds. The Hall–Kier alpha value is -2.88. The molecule has 10 heteroatoms. The van der Waals surface area contributed by atoms with Crippen molar-refractivity contribution in [3.63, 3.8) is 0 Å². The maximum absolute atomic E-state index is 13.3. The molecule has 7 nitrogen and oxygen atoms in total. The molecule has 2 aromatic carbocycles. The Bertz CT molecular complexity index is 1300. The van der Waals surface area contributed by atoms with Gasteiger partial charge in [0.2, 0.25) is 5.91 Å². The van der Waals surface area contributed by atoms with Gasteiger partial charge in [0, 0.05) is 29.3 Å². The first-order valence-corrected chi connectivity index (χ1v) is 11.9. The number of benzene rings is 2. The second-order valence-electron chi connectivity index (χ2n) is 7.76. The molecule has 0 radical (unpaired) electrons. The number of rotatable bonds is 7. The molecule has 1 atom stereocenters. The summed E-state index contributed by atoms with van der Waals surface area (Å²) in [7, 11) is 0. The lowest BCUT2D eigenvalue weighted by Gasteiger charge is -2.14. The van der Waals surface area contributed by atoms with Crippen molar-refractivity contribution in [1.29, 1.82) is 0 Å². The maximum Gasteiger partial charge on any atom is 0.234 e. The molecule has 1 aliphatic rings. The molecular formula is C23H21ClFN5O2S. The highest BCUT2D eigenvalue weighted by atomic mass is 35.5. The third-order valence-electron chi connectivity index (χ3n) is 5.49. The van der Waals surface area contributed by atoms with Gasteiger partial charge in [-0.1, -0.05) is 41.6 Å². The van der Waals surface area contributed by atoms with Crippen molar-refractivity contribution in [1.82, 2.24) is 19.7 Å². The number of aromatic amines is 1. The molecule has 1 saturated heterocycles. The Morgan fingerprint density at radius 3 is 3.00 bits per heavy atom. The van der Waals surface area contributed by atoms with Crippen LogP contribution in [0.25, 0.3) is 22.3 Å². The maximum atomic E-state index is 13.3. The molecular weight excluding hydrogens is 465 g/mol. The van der Waals surface area contributed by atoms with Gasteiger partial charge < -0.3 is 15.0 Å². The van der Waals surface area contributed by atoms with E-state index in [-0.39, 0.29) is 22.8 Å². The lowest BCUT2D eigenvalue weighted by atomic mass is 10.1. The zero-order chi connectivity index (χ0) is 22.8. The summed E-state index contributed by atoms with van der Waals surface area (Å²) in [4.78, 5) is 15.8. The molecule has 1 unspecified atom stereocenters. The molecule has 2 aromatic heterocycles. The summed E-state index contributed by atoms with van der Waals surface area (Å²) >= 11 is 7.30. The number of carbonyl (C=O) groups is 1. The highest BCUT2D eigenvalue weighted by Crippen LogP contribution is 2.31. The number of hydrogen-bond acceptors (Lipinski definition) is 5. The third kappa shape index (κ3) is 4.75. The van der Waals surface area contributed by atoms with E-state index in [1.807, 2.05) is 35.0 Å². The van der Waals surface area contributed by atoms with Crippen LogP contribution in [0.1, 0.15) is 12.8 Å². The molecule has 3 heterocycles. The Balaban J connectivity index is 1.38. The third-order valence-corrected chi connectivity index (χ3v) is 6.77. The number of fused-ring (bicyclic) bond motifs is 1. The Labute approximate surface area is 198 Å². The van der Waals surface area contributed by atoms with Crippen LogP contribution in [0.3, 0.4) is 0 Å². The number of carbonyl (C=O) groups excluding carboxylic acids is 1. The molecule has 1 aliphatic heterocycles. The normalized spacial score (nSPS) is 15.9. The van der Waals surface area contributed by atoms with Crippen molar-refractivity contribution in [3.8, 4) is 11.4 Å². The van der Waals surface area contributed by atoms with Crippen LogP contribution in [0.4, 0.5) is 10.1 Å². The summed E-state index contributed by atoms with van der Waals surface area (Å²) in [6.45, 7) is 1.36. The molecule has 5 rings (SSSR count). The average molecular weight is 486 g/mol. The largest absolute Gasteiger partial charge is 0.376 e. The number of hydrogen-bond donors (Lipinski definition) is 2. The van der Waals surface area contributed by atoms with Gasteiger partial charge >= 0.3 is 0 Å². The molecule has 33 heavy (non-hydrogen) atoms. The first-order valence-electron chi connectivity index (χ1n) is 10.6. The zero-order valence-electron chi connectivity index (χ0n) is 17.6. The van der Waals surface area contributed by atoms with Crippen molar-refractivity contribution >= 4 is 45.9 Å². The molecule has 0 saturated carbocycles. The van der Waals surface area contributed by atoms with Crippen LogP contribution in [0.15, 0.2) is 53.8 Å². The van der Waals surface area contributed by atoms with Gasteiger partial charge in [-0.15, -0.1) is 10.2 Å². The number of nitrogens with one attached hydrogen (secondary N) is 2. The van der Waals surface area contributed by atoms with E-state index in [9.17, 15) is 9.18 Å². The SMILES string of the molecule is O=C(CSc1nnc(-c2c[nH]c3ccccc23)n1CC1CCCO1)Nc1ccc(F)cc1Cl. The Morgan fingerprint density at radius 1 is 1.30 bits per heavy atom. The minimum atomic E-state index is -0.459. The van der Waals surface area contributed by atoms with E-state index in [2.05, 4.69) is 20.5 Å². The van der Waals surface area contributed by atoms with Crippen molar-refractivity contribution in [2.45, 2.75) is 30.6 Å². The van der Waals surface area contributed by atoms with Crippen LogP contribution in [0.5, 0.6) is 0 Å². The van der Waals surface area contributed by atoms with Crippen LogP contribution in [0.2, 0.25) is 5.02 Å². The predicted octanol–water partition coefficient (Wildman–Crippen LogP) is 5.13. The minimum absolute atomic E-state index is 0.0798. The van der Waals surface area contributed by atoms with Crippen LogP contribution < -0.4 is 5.32 Å². The van der Waals surface area contributed by atoms with Gasteiger partial charge in [-0.25, -0.2) is 4.39 Å². The van der Waals surface area contributed by atoms with E-state index in [1.165, 1.54) is 23.9 Å². The average Bonchev–Trinajstić information content (AvgIpc) is 3.55. The Kier molecular flexibility index (Phi) is 6.34. The molecule has 170 valence electrons. The molecule has 1 fully saturated rings. The van der Waals surface area contributed by atoms with Crippen LogP contribution in [0, 0.1) is 5.82 Å². The van der Waals surface area contributed by atoms with Gasteiger partial charge in [0.25, 0.3) is 0 Å². The summed E-state index contributed by atoms with van der Waals surface area (Å²) in [5, 5.41) is 13.4. The van der Waals surface area contributed by atoms with E-state index in [4.69, 9.17) is 16.3 Å². The van der Waals surface area contributed by atoms with Gasteiger partial charge in [0.15, 0.2) is 11.0 Å². The summed E-state index contributed by atoms with van der Waals surface area (Å²) in [6, 6.07) is 11.9. The fraction of sp³-hybridized carbons (Fsp3) is 0.261. The van der Waals surface area contributed by atoms with E-state index in [0.29, 0.717) is 17.4 Å². The van der Waals surface area contributed by atoms with Crippen molar-refractivity contribution in [2.75, 3.05) is 17.7 Å². The van der Waals surface area contributed by atoms with Crippen LogP contribution in [-0.2, 0) is 16.1 Å². The first kappa shape index (κ1) is 21.9. The smallest absolute Gasteiger partial charge is 0.234 e. The lowest BCUT2D eigenvalue weighted by molar-refractivity contribution is -0.113. The summed E-state index contributed by atoms with van der Waals surface area (Å²) in [5.74, 6) is 0.103. The van der Waals surface area contributed by atoms with Gasteiger partial charge in [-0.05, 0) is 37.1 Å². The molecule has 0 bridgehead atoms. The topological polar surface area (TPSA) is 84.8 Å². The highest BCUT2D eigenvalue weighted by molar-refractivity contribution is 7.99. The second kappa shape index (κ2) is 9.54. The summed E-state index contributed by atoms with van der Waals surface area (Å²) < 4.78 is 21.1. The fourth-order valence-electron chi connectivity index (χ4n) is 3.92. The number of H-pyrrole nitrogens is 1. The second-order valence-corrected chi connectivity index (χ2v) is 9.11. The number of anilines is 1. The number of aromatic nitrogens is 4.